The highest BCUT2D eigenvalue weighted by molar-refractivity contribution is 5.90. The molecule has 3 heteroatoms. The highest BCUT2D eigenvalue weighted by Crippen LogP contribution is 2.09. The summed E-state index contributed by atoms with van der Waals surface area (Å²) in [5, 5.41) is 15.6. The zero-order chi connectivity index (χ0) is 12.3. The molecule has 3 nitrogen and oxygen atoms in total. The lowest BCUT2D eigenvalue weighted by Gasteiger charge is -2.04. The summed E-state index contributed by atoms with van der Waals surface area (Å²) in [6, 6.07) is 1.37. The van der Waals surface area contributed by atoms with Crippen molar-refractivity contribution in [2.45, 2.75) is 46.5 Å². The highest BCUT2D eigenvalue weighted by atomic mass is 16.4. The van der Waals surface area contributed by atoms with Gasteiger partial charge in [0.05, 0.1) is 0 Å². The first-order chi connectivity index (χ1) is 6.99. The number of unbranched alkanes of at least 4 members (excludes halogenated alkanes) is 1. The van der Waals surface area contributed by atoms with E-state index < -0.39 is 11.5 Å². The molecule has 1 N–H and O–H groups in total. The molecule has 0 aliphatic heterocycles. The van der Waals surface area contributed by atoms with E-state index in [1.54, 1.807) is 0 Å². The number of hydrogen-bond acceptors (Lipinski definition) is 2. The molecule has 86 valence electrons. The van der Waals surface area contributed by atoms with Gasteiger partial charge in [-0.3, -0.25) is 0 Å². The second-order valence-electron chi connectivity index (χ2n) is 3.55. The maximum Gasteiger partial charge on any atom is 0.345 e. The molecule has 1 atom stereocenters. The van der Waals surface area contributed by atoms with E-state index in [0.29, 0.717) is 0 Å². The van der Waals surface area contributed by atoms with E-state index in [2.05, 4.69) is 27.4 Å². The summed E-state index contributed by atoms with van der Waals surface area (Å²) in [6.07, 6.45) is 5.53. The third kappa shape index (κ3) is 12.7. The van der Waals surface area contributed by atoms with Gasteiger partial charge in [0.1, 0.15) is 11.6 Å². The Morgan fingerprint density at radius 1 is 1.53 bits per heavy atom. The minimum absolute atomic E-state index is 0.431. The second-order valence-corrected chi connectivity index (χ2v) is 3.55. The van der Waals surface area contributed by atoms with E-state index in [1.165, 1.54) is 31.8 Å². The van der Waals surface area contributed by atoms with E-state index in [4.69, 9.17) is 10.4 Å². The van der Waals surface area contributed by atoms with Gasteiger partial charge in [0.2, 0.25) is 0 Å². The summed E-state index contributed by atoms with van der Waals surface area (Å²) in [5.74, 6) is -0.308. The molecule has 0 spiro atoms. The lowest BCUT2D eigenvalue weighted by atomic mass is 10.0. The summed E-state index contributed by atoms with van der Waals surface area (Å²) < 4.78 is 0. The van der Waals surface area contributed by atoms with Crippen molar-refractivity contribution < 1.29 is 9.90 Å². The fourth-order valence-electron chi connectivity index (χ4n) is 0.805. The van der Waals surface area contributed by atoms with Crippen molar-refractivity contribution in [2.24, 2.45) is 5.92 Å². The predicted octanol–water partition coefficient (Wildman–Crippen LogP) is 3.37. The number of aliphatic carboxylic acids is 1. The zero-order valence-electron chi connectivity index (χ0n) is 9.92. The molecule has 0 saturated carbocycles. The topological polar surface area (TPSA) is 61.1 Å². The molecule has 0 aliphatic carbocycles. The maximum absolute atomic E-state index is 9.61. The Kier molecular flexibility index (Phi) is 11.6. The maximum atomic E-state index is 9.61. The first-order valence-electron chi connectivity index (χ1n) is 5.31. The Morgan fingerprint density at radius 3 is 2.27 bits per heavy atom. The molecule has 0 bridgehead atoms. The number of carboxylic acid groups (broad SMARTS) is 1. The van der Waals surface area contributed by atoms with Crippen LogP contribution in [0.25, 0.3) is 0 Å². The summed E-state index contributed by atoms with van der Waals surface area (Å²) in [5.41, 5.74) is -0.431. The standard InChI is InChI=1S/C8H18.C4H3NO2/c1-4-6-7-8(3)5-2;1-3(2-5)4(6)7/h8H,4-7H2,1-3H3;1H2,(H,6,7). The normalized spacial score (nSPS) is 10.5. The fraction of sp³-hybridized carbons (Fsp3) is 0.667. The van der Waals surface area contributed by atoms with Crippen LogP contribution in [0.3, 0.4) is 0 Å². The third-order valence-electron chi connectivity index (χ3n) is 2.14. The molecule has 0 rings (SSSR count). The Balaban J connectivity index is 0. The number of carbonyl (C=O) groups is 1. The van der Waals surface area contributed by atoms with Gasteiger partial charge in [-0.2, -0.15) is 5.26 Å². The Morgan fingerprint density at radius 2 is 2.07 bits per heavy atom. The van der Waals surface area contributed by atoms with Crippen LogP contribution >= 0.6 is 0 Å². The Hall–Kier alpha value is -1.30. The molecule has 0 radical (unpaired) electrons. The Bertz CT molecular complexity index is 228. The van der Waals surface area contributed by atoms with Crippen LogP contribution < -0.4 is 0 Å². The van der Waals surface area contributed by atoms with Gasteiger partial charge in [-0.1, -0.05) is 53.0 Å². The molecule has 1 unspecified atom stereocenters. The van der Waals surface area contributed by atoms with Crippen LogP contribution in [0.1, 0.15) is 46.5 Å². The molecule has 0 amide bonds. The van der Waals surface area contributed by atoms with Gasteiger partial charge in [-0.15, -0.1) is 0 Å². The van der Waals surface area contributed by atoms with E-state index in [-0.39, 0.29) is 0 Å². The van der Waals surface area contributed by atoms with Crippen molar-refractivity contribution in [3.8, 4) is 6.07 Å². The van der Waals surface area contributed by atoms with Gasteiger partial charge in [0.25, 0.3) is 0 Å². The predicted molar refractivity (Wildman–Crippen MR) is 61.4 cm³/mol. The van der Waals surface area contributed by atoms with Crippen LogP contribution in [0, 0.1) is 17.2 Å². The Labute approximate surface area is 92.4 Å². The van der Waals surface area contributed by atoms with Crippen LogP contribution in [0.5, 0.6) is 0 Å². The quantitative estimate of drug-likeness (QED) is 0.560. The van der Waals surface area contributed by atoms with Crippen molar-refractivity contribution in [3.63, 3.8) is 0 Å². The molecule has 0 saturated heterocycles. The molecule has 0 fully saturated rings. The molecular weight excluding hydrogens is 190 g/mol. The van der Waals surface area contributed by atoms with Crippen LogP contribution in [0.15, 0.2) is 12.2 Å². The first kappa shape index (κ1) is 16.1. The average Bonchev–Trinajstić information content (AvgIpc) is 2.25. The average molecular weight is 211 g/mol. The number of nitrogens with zero attached hydrogens (tertiary/aromatic N) is 1. The van der Waals surface area contributed by atoms with E-state index in [9.17, 15) is 4.79 Å². The van der Waals surface area contributed by atoms with Crippen molar-refractivity contribution in [2.75, 3.05) is 0 Å². The van der Waals surface area contributed by atoms with Gasteiger partial charge < -0.3 is 5.11 Å². The minimum atomic E-state index is -1.26. The number of nitriles is 1. The zero-order valence-corrected chi connectivity index (χ0v) is 9.92. The molecule has 0 heterocycles. The smallest absolute Gasteiger partial charge is 0.345 e. The molecule has 15 heavy (non-hydrogen) atoms. The van der Waals surface area contributed by atoms with Gasteiger partial charge in [-0.05, 0) is 5.92 Å². The van der Waals surface area contributed by atoms with Crippen molar-refractivity contribution in [3.05, 3.63) is 12.2 Å². The molecule has 0 aromatic rings. The molecule has 0 aromatic heterocycles. The van der Waals surface area contributed by atoms with Crippen molar-refractivity contribution in [1.29, 1.82) is 5.26 Å². The minimum Gasteiger partial charge on any atom is -0.477 e. The second kappa shape index (κ2) is 10.8. The lowest BCUT2D eigenvalue weighted by molar-refractivity contribution is -0.132. The summed E-state index contributed by atoms with van der Waals surface area (Å²) >= 11 is 0. The first-order valence-corrected chi connectivity index (χ1v) is 5.31. The van der Waals surface area contributed by atoms with E-state index >= 15 is 0 Å². The number of carboxylic acids is 1. The monoisotopic (exact) mass is 211 g/mol. The third-order valence-corrected chi connectivity index (χ3v) is 2.14. The van der Waals surface area contributed by atoms with Crippen LogP contribution in [-0.4, -0.2) is 11.1 Å². The molecular formula is C12H21NO2. The highest BCUT2D eigenvalue weighted by Gasteiger charge is 1.97. The summed E-state index contributed by atoms with van der Waals surface area (Å²) in [4.78, 5) is 9.61. The largest absolute Gasteiger partial charge is 0.477 e. The van der Waals surface area contributed by atoms with Crippen LogP contribution in [0.2, 0.25) is 0 Å². The molecule has 0 aromatic carbocycles. The van der Waals surface area contributed by atoms with E-state index in [1.807, 2.05) is 0 Å². The van der Waals surface area contributed by atoms with E-state index in [0.717, 1.165) is 5.92 Å². The van der Waals surface area contributed by atoms with Gasteiger partial charge >= 0.3 is 5.97 Å². The van der Waals surface area contributed by atoms with Crippen molar-refractivity contribution >= 4 is 5.97 Å². The lowest BCUT2D eigenvalue weighted by Crippen LogP contribution is -1.94. The van der Waals surface area contributed by atoms with Crippen LogP contribution in [0.4, 0.5) is 0 Å². The van der Waals surface area contributed by atoms with Crippen LogP contribution in [-0.2, 0) is 4.79 Å². The number of hydrogen-bond donors (Lipinski definition) is 1. The molecule has 0 aliphatic rings. The summed E-state index contributed by atoms with van der Waals surface area (Å²) in [6.45, 7) is 9.76. The summed E-state index contributed by atoms with van der Waals surface area (Å²) in [7, 11) is 0. The van der Waals surface area contributed by atoms with Crippen molar-refractivity contribution in [1.82, 2.24) is 0 Å². The SMILES string of the molecule is C=C(C#N)C(=O)O.CCCCC(C)CC. The fourth-order valence-corrected chi connectivity index (χ4v) is 0.805. The van der Waals surface area contributed by atoms with Gasteiger partial charge in [0.15, 0.2) is 0 Å². The number of rotatable bonds is 5. The van der Waals surface area contributed by atoms with Gasteiger partial charge in [0, 0.05) is 0 Å². The van der Waals surface area contributed by atoms with Gasteiger partial charge in [-0.25, -0.2) is 4.79 Å².